The summed E-state index contributed by atoms with van der Waals surface area (Å²) < 4.78 is 28.2. The highest BCUT2D eigenvalue weighted by atomic mass is 16.5. The molecule has 2 aromatic carbocycles. The van der Waals surface area contributed by atoms with Crippen molar-refractivity contribution in [1.29, 1.82) is 0 Å². The minimum atomic E-state index is -1.76. The molecule has 5 atom stereocenters. The molecule has 1 aliphatic heterocycles. The van der Waals surface area contributed by atoms with Crippen LogP contribution in [0.5, 0.6) is 17.2 Å². The van der Waals surface area contributed by atoms with E-state index in [0.29, 0.717) is 17.1 Å². The molecule has 3 aromatic rings. The SMILES string of the molecule is COc1ccc(-c2cc(=O)c3c(OC)c(C4OC(C(=O)NC5CCC5)C(O)C(O)C4O)c(CO)cc3o2)cc1OC. The molecule has 2 fully saturated rings. The molecular weight excluding hydrogens is 538 g/mol. The number of carbonyl (C=O) groups is 1. The van der Waals surface area contributed by atoms with Crippen LogP contribution in [0.15, 0.2) is 39.5 Å². The van der Waals surface area contributed by atoms with E-state index in [2.05, 4.69) is 5.32 Å². The number of ether oxygens (including phenoxy) is 4. The predicted molar refractivity (Wildman–Crippen MR) is 145 cm³/mol. The minimum Gasteiger partial charge on any atom is -0.495 e. The first-order chi connectivity index (χ1) is 19.7. The number of aliphatic hydroxyl groups is 4. The van der Waals surface area contributed by atoms with Crippen LogP contribution in [-0.4, -0.2) is 78.1 Å². The highest BCUT2D eigenvalue weighted by Gasteiger charge is 2.49. The second kappa shape index (κ2) is 11.7. The highest BCUT2D eigenvalue weighted by Crippen LogP contribution is 2.43. The molecule has 0 spiro atoms. The summed E-state index contributed by atoms with van der Waals surface area (Å²) in [7, 11) is 4.28. The van der Waals surface area contributed by atoms with Crippen molar-refractivity contribution in [3.63, 3.8) is 0 Å². The van der Waals surface area contributed by atoms with Crippen LogP contribution in [0, 0.1) is 0 Å². The summed E-state index contributed by atoms with van der Waals surface area (Å²) >= 11 is 0. The molecule has 1 saturated carbocycles. The quantitative estimate of drug-likeness (QED) is 0.262. The number of nitrogens with one attached hydrogen (secondary N) is 1. The van der Waals surface area contributed by atoms with Gasteiger partial charge in [0.15, 0.2) is 23.0 Å². The third-order valence-electron chi connectivity index (χ3n) is 7.75. The summed E-state index contributed by atoms with van der Waals surface area (Å²) in [6.07, 6.45) is -5.59. The van der Waals surface area contributed by atoms with Crippen molar-refractivity contribution in [2.24, 2.45) is 0 Å². The van der Waals surface area contributed by atoms with E-state index in [1.165, 1.54) is 33.5 Å². The normalized spacial score (nSPS) is 24.5. The average molecular weight is 572 g/mol. The molecule has 2 heterocycles. The third kappa shape index (κ3) is 5.13. The second-order valence-electron chi connectivity index (χ2n) is 10.1. The molecule has 5 rings (SSSR count). The van der Waals surface area contributed by atoms with Gasteiger partial charge in [0, 0.05) is 23.2 Å². The van der Waals surface area contributed by atoms with Crippen LogP contribution in [-0.2, 0) is 16.1 Å². The lowest BCUT2D eigenvalue weighted by molar-refractivity contribution is -0.223. The Morgan fingerprint density at radius 2 is 1.71 bits per heavy atom. The lowest BCUT2D eigenvalue weighted by atomic mass is 9.87. The molecule has 12 heteroatoms. The van der Waals surface area contributed by atoms with Gasteiger partial charge in [-0.3, -0.25) is 9.59 Å². The predicted octanol–water partition coefficient (Wildman–Crippen LogP) is 1.17. The topological polar surface area (TPSA) is 177 Å². The van der Waals surface area contributed by atoms with Crippen molar-refractivity contribution >= 4 is 16.9 Å². The standard InChI is InChI=1S/C29H33NO11/c1-37-17-8-7-13(9-19(17)38-2)18-11-16(32)22-20(40-18)10-14(12-31)21(26(22)39-3)27-24(34)23(33)25(35)28(41-27)29(36)30-15-5-4-6-15/h7-11,15,23-25,27-28,31,33-35H,4-6,12H2,1-3H3,(H,30,36). The summed E-state index contributed by atoms with van der Waals surface area (Å²) in [5.74, 6) is 0.429. The first-order valence-corrected chi connectivity index (χ1v) is 13.2. The van der Waals surface area contributed by atoms with Crippen LogP contribution >= 0.6 is 0 Å². The van der Waals surface area contributed by atoms with Crippen LogP contribution in [0.4, 0.5) is 0 Å². The maximum atomic E-state index is 13.5. The van der Waals surface area contributed by atoms with Crippen molar-refractivity contribution in [2.75, 3.05) is 21.3 Å². The van der Waals surface area contributed by atoms with Gasteiger partial charge in [-0.25, -0.2) is 0 Å². The monoisotopic (exact) mass is 571 g/mol. The van der Waals surface area contributed by atoms with E-state index in [9.17, 15) is 30.0 Å². The Hall–Kier alpha value is -3.68. The van der Waals surface area contributed by atoms with Gasteiger partial charge in [-0.15, -0.1) is 0 Å². The van der Waals surface area contributed by atoms with Gasteiger partial charge in [0.05, 0.1) is 27.9 Å². The molecule has 1 aliphatic carbocycles. The van der Waals surface area contributed by atoms with Crippen molar-refractivity contribution < 1.29 is 48.6 Å². The molecule has 5 unspecified atom stereocenters. The van der Waals surface area contributed by atoms with E-state index < -0.39 is 48.5 Å². The number of amides is 1. The summed E-state index contributed by atoms with van der Waals surface area (Å²) in [6.45, 7) is -0.587. The summed E-state index contributed by atoms with van der Waals surface area (Å²) in [5, 5.41) is 45.3. The fourth-order valence-electron chi connectivity index (χ4n) is 5.31. The van der Waals surface area contributed by atoms with Gasteiger partial charge in [-0.05, 0) is 49.1 Å². The van der Waals surface area contributed by atoms with E-state index in [1.54, 1.807) is 18.2 Å². The second-order valence-corrected chi connectivity index (χ2v) is 10.1. The van der Waals surface area contributed by atoms with E-state index in [4.69, 9.17) is 23.4 Å². The zero-order chi connectivity index (χ0) is 29.4. The first kappa shape index (κ1) is 28.8. The smallest absolute Gasteiger partial charge is 0.252 e. The molecule has 2 aliphatic rings. The van der Waals surface area contributed by atoms with Crippen molar-refractivity contribution in [1.82, 2.24) is 5.32 Å². The Kier molecular flexibility index (Phi) is 8.20. The average Bonchev–Trinajstić information content (AvgIpc) is 2.96. The fourth-order valence-corrected chi connectivity index (χ4v) is 5.31. The molecule has 12 nitrogen and oxygen atoms in total. The van der Waals surface area contributed by atoms with Crippen molar-refractivity contribution in [3.8, 4) is 28.6 Å². The Morgan fingerprint density at radius 1 is 0.976 bits per heavy atom. The van der Waals surface area contributed by atoms with E-state index in [1.807, 2.05) is 0 Å². The van der Waals surface area contributed by atoms with Gasteiger partial charge in [0.2, 0.25) is 0 Å². The molecule has 1 aromatic heterocycles. The molecule has 1 amide bonds. The third-order valence-corrected chi connectivity index (χ3v) is 7.75. The number of fused-ring (bicyclic) bond motifs is 1. The molecule has 5 N–H and O–H groups in total. The van der Waals surface area contributed by atoms with E-state index in [-0.39, 0.29) is 39.6 Å². The van der Waals surface area contributed by atoms with E-state index in [0.717, 1.165) is 19.3 Å². The van der Waals surface area contributed by atoms with Gasteiger partial charge in [0.25, 0.3) is 5.91 Å². The van der Waals surface area contributed by atoms with Gasteiger partial charge in [-0.1, -0.05) is 0 Å². The maximum Gasteiger partial charge on any atom is 0.252 e. The zero-order valence-corrected chi connectivity index (χ0v) is 22.8. The van der Waals surface area contributed by atoms with Crippen LogP contribution in [0.1, 0.15) is 36.5 Å². The Morgan fingerprint density at radius 3 is 2.32 bits per heavy atom. The zero-order valence-electron chi connectivity index (χ0n) is 22.8. The molecule has 220 valence electrons. The molecule has 1 saturated heterocycles. The highest BCUT2D eigenvalue weighted by molar-refractivity contribution is 5.88. The summed E-state index contributed by atoms with van der Waals surface area (Å²) in [4.78, 5) is 26.4. The Balaban J connectivity index is 1.60. The number of rotatable bonds is 8. The first-order valence-electron chi connectivity index (χ1n) is 13.2. The number of methoxy groups -OCH3 is 3. The Labute approximate surface area is 235 Å². The van der Waals surface area contributed by atoms with Gasteiger partial charge in [-0.2, -0.15) is 0 Å². The molecule has 0 bridgehead atoms. The summed E-state index contributed by atoms with van der Waals surface area (Å²) in [5.41, 5.74) is 0.320. The number of hydrogen-bond donors (Lipinski definition) is 5. The summed E-state index contributed by atoms with van der Waals surface area (Å²) in [6, 6.07) is 7.62. The molecular formula is C29H33NO11. The van der Waals surface area contributed by atoms with Gasteiger partial charge >= 0.3 is 0 Å². The lowest BCUT2D eigenvalue weighted by Gasteiger charge is -2.41. The van der Waals surface area contributed by atoms with Crippen LogP contribution in [0.2, 0.25) is 0 Å². The van der Waals surface area contributed by atoms with Gasteiger partial charge in [0.1, 0.15) is 46.9 Å². The minimum absolute atomic E-state index is 0.00388. The number of hydrogen-bond acceptors (Lipinski definition) is 11. The number of aliphatic hydroxyl groups excluding tert-OH is 4. The van der Waals surface area contributed by atoms with Crippen LogP contribution < -0.4 is 25.0 Å². The van der Waals surface area contributed by atoms with E-state index >= 15 is 0 Å². The fraction of sp³-hybridized carbons (Fsp3) is 0.448. The Bertz CT molecular complexity index is 1500. The lowest BCUT2D eigenvalue weighted by Crippen LogP contribution is -2.60. The number of carbonyl (C=O) groups excluding carboxylic acids is 1. The van der Waals surface area contributed by atoms with Crippen molar-refractivity contribution in [3.05, 3.63) is 51.7 Å². The van der Waals surface area contributed by atoms with Crippen molar-refractivity contribution in [2.45, 2.75) is 62.4 Å². The number of benzene rings is 2. The maximum absolute atomic E-state index is 13.5. The van der Waals surface area contributed by atoms with Crippen LogP contribution in [0.3, 0.4) is 0 Å². The van der Waals surface area contributed by atoms with Crippen LogP contribution in [0.25, 0.3) is 22.3 Å². The molecule has 0 radical (unpaired) electrons. The van der Waals surface area contributed by atoms with Gasteiger partial charge < -0.3 is 49.1 Å². The largest absolute Gasteiger partial charge is 0.495 e. The molecule has 41 heavy (non-hydrogen) atoms.